The molecule has 3 nitrogen and oxygen atoms in total. The summed E-state index contributed by atoms with van der Waals surface area (Å²) in [5.41, 5.74) is 1.81. The summed E-state index contributed by atoms with van der Waals surface area (Å²) in [7, 11) is 1.76. The molecule has 0 unspecified atom stereocenters. The average Bonchev–Trinajstić information content (AvgIpc) is 2.46. The molecule has 0 N–H and O–H groups in total. The Labute approximate surface area is 127 Å². The van der Waals surface area contributed by atoms with Gasteiger partial charge in [-0.05, 0) is 43.2 Å². The molecule has 1 aromatic carbocycles. The van der Waals surface area contributed by atoms with Crippen LogP contribution in [0.15, 0.2) is 24.3 Å². The Bertz CT molecular complexity index is 523. The van der Waals surface area contributed by atoms with Crippen molar-refractivity contribution in [2.75, 3.05) is 7.05 Å². The molecule has 0 aliphatic heterocycles. The molecule has 0 bridgehead atoms. The molecular weight excluding hydrogens is 260 g/mol. The van der Waals surface area contributed by atoms with Crippen molar-refractivity contribution < 1.29 is 4.79 Å². The summed E-state index contributed by atoms with van der Waals surface area (Å²) in [6.07, 6.45) is 6.53. The van der Waals surface area contributed by atoms with Gasteiger partial charge in [-0.3, -0.25) is 4.79 Å². The number of nitriles is 1. The summed E-state index contributed by atoms with van der Waals surface area (Å²) >= 11 is 0. The summed E-state index contributed by atoms with van der Waals surface area (Å²) in [5.74, 6) is 0.0394. The number of rotatable bonds is 6. The number of hydrogen-bond acceptors (Lipinski definition) is 2. The third-order valence-corrected chi connectivity index (χ3v) is 4.60. The summed E-state index contributed by atoms with van der Waals surface area (Å²) in [4.78, 5) is 14.0. The zero-order valence-corrected chi connectivity index (χ0v) is 13.1. The number of amides is 1. The third kappa shape index (κ3) is 3.44. The van der Waals surface area contributed by atoms with Crippen LogP contribution in [0.3, 0.4) is 0 Å². The minimum atomic E-state index is -0.544. The molecular formula is C18H24N2O. The fraction of sp³-hybridized carbons (Fsp3) is 0.556. The van der Waals surface area contributed by atoms with Crippen molar-refractivity contribution in [1.29, 1.82) is 5.26 Å². The maximum absolute atomic E-state index is 12.3. The van der Waals surface area contributed by atoms with Crippen LogP contribution in [0.4, 0.5) is 0 Å². The second-order valence-electron chi connectivity index (χ2n) is 6.05. The number of unbranched alkanes of at least 4 members (excludes halogenated alkanes) is 1. The van der Waals surface area contributed by atoms with Gasteiger partial charge in [-0.25, -0.2) is 0 Å². The molecule has 1 aliphatic carbocycles. The lowest BCUT2D eigenvalue weighted by molar-refractivity contribution is -0.135. The van der Waals surface area contributed by atoms with E-state index in [2.05, 4.69) is 25.1 Å². The molecule has 0 heterocycles. The van der Waals surface area contributed by atoms with Crippen LogP contribution in [0.25, 0.3) is 0 Å². The van der Waals surface area contributed by atoms with Crippen molar-refractivity contribution in [3.8, 4) is 6.07 Å². The van der Waals surface area contributed by atoms with Gasteiger partial charge in [-0.2, -0.15) is 5.26 Å². The number of carbonyl (C=O) groups excluding carboxylic acids is 1. The van der Waals surface area contributed by atoms with Crippen molar-refractivity contribution in [1.82, 2.24) is 4.90 Å². The summed E-state index contributed by atoms with van der Waals surface area (Å²) < 4.78 is 0. The average molecular weight is 284 g/mol. The predicted octanol–water partition coefficient (Wildman–Crippen LogP) is 3.48. The Morgan fingerprint density at radius 3 is 2.38 bits per heavy atom. The van der Waals surface area contributed by atoms with Crippen LogP contribution >= 0.6 is 0 Å². The van der Waals surface area contributed by atoms with Crippen molar-refractivity contribution in [2.45, 2.75) is 57.4 Å². The van der Waals surface area contributed by atoms with Gasteiger partial charge in [0.1, 0.15) is 5.54 Å². The minimum absolute atomic E-state index is 0.0394. The number of carbonyl (C=O) groups is 1. The van der Waals surface area contributed by atoms with Gasteiger partial charge in [-0.1, -0.05) is 37.6 Å². The lowest BCUT2D eigenvalue weighted by atomic mass is 9.76. The number of aryl methyl sites for hydroxylation is 1. The molecule has 1 saturated carbocycles. The molecule has 0 spiro atoms. The van der Waals surface area contributed by atoms with Crippen LogP contribution in [-0.4, -0.2) is 23.4 Å². The Morgan fingerprint density at radius 1 is 1.29 bits per heavy atom. The molecule has 0 radical (unpaired) electrons. The highest BCUT2D eigenvalue weighted by Crippen LogP contribution is 2.36. The van der Waals surface area contributed by atoms with Crippen LogP contribution in [0.1, 0.15) is 50.2 Å². The van der Waals surface area contributed by atoms with E-state index >= 15 is 0 Å². The largest absolute Gasteiger partial charge is 0.327 e. The van der Waals surface area contributed by atoms with E-state index in [4.69, 9.17) is 0 Å². The monoisotopic (exact) mass is 284 g/mol. The fourth-order valence-corrected chi connectivity index (χ4v) is 2.77. The molecule has 0 saturated heterocycles. The molecule has 3 heteroatoms. The fourth-order valence-electron chi connectivity index (χ4n) is 2.77. The van der Waals surface area contributed by atoms with Crippen LogP contribution in [0, 0.1) is 11.3 Å². The van der Waals surface area contributed by atoms with E-state index < -0.39 is 5.54 Å². The van der Waals surface area contributed by atoms with Crippen LogP contribution < -0.4 is 0 Å². The zero-order valence-electron chi connectivity index (χ0n) is 13.1. The molecule has 1 aromatic rings. The molecule has 1 fully saturated rings. The highest BCUT2D eigenvalue weighted by molar-refractivity contribution is 5.80. The summed E-state index contributed by atoms with van der Waals surface area (Å²) in [6.45, 7) is 2.19. The lowest BCUT2D eigenvalue weighted by Gasteiger charge is -2.43. The number of nitrogens with zero attached hydrogens (tertiary/aromatic N) is 2. The van der Waals surface area contributed by atoms with E-state index in [1.54, 1.807) is 11.9 Å². The molecule has 1 amide bonds. The second kappa shape index (κ2) is 6.76. The Balaban J connectivity index is 1.95. The van der Waals surface area contributed by atoms with E-state index in [0.717, 1.165) is 31.2 Å². The topological polar surface area (TPSA) is 44.1 Å². The van der Waals surface area contributed by atoms with Gasteiger partial charge in [0.05, 0.1) is 12.5 Å². The van der Waals surface area contributed by atoms with Gasteiger partial charge in [0, 0.05) is 7.05 Å². The smallest absolute Gasteiger partial charge is 0.228 e. The predicted molar refractivity (Wildman–Crippen MR) is 83.7 cm³/mol. The molecule has 1 aliphatic rings. The summed E-state index contributed by atoms with van der Waals surface area (Å²) in [6, 6.07) is 10.6. The van der Waals surface area contributed by atoms with Gasteiger partial charge in [-0.15, -0.1) is 0 Å². The van der Waals surface area contributed by atoms with Gasteiger partial charge < -0.3 is 4.90 Å². The first kappa shape index (κ1) is 15.6. The van der Waals surface area contributed by atoms with Crippen molar-refractivity contribution in [3.05, 3.63) is 35.4 Å². The minimum Gasteiger partial charge on any atom is -0.327 e. The lowest BCUT2D eigenvalue weighted by Crippen LogP contribution is -2.53. The zero-order chi connectivity index (χ0) is 15.3. The Hall–Kier alpha value is -1.82. The van der Waals surface area contributed by atoms with E-state index in [9.17, 15) is 10.1 Å². The number of hydrogen-bond donors (Lipinski definition) is 0. The maximum atomic E-state index is 12.3. The summed E-state index contributed by atoms with van der Waals surface area (Å²) in [5, 5.41) is 9.30. The molecule has 112 valence electrons. The van der Waals surface area contributed by atoms with Crippen LogP contribution in [0.5, 0.6) is 0 Å². The van der Waals surface area contributed by atoms with Gasteiger partial charge >= 0.3 is 0 Å². The van der Waals surface area contributed by atoms with E-state index in [-0.39, 0.29) is 5.91 Å². The second-order valence-corrected chi connectivity index (χ2v) is 6.05. The van der Waals surface area contributed by atoms with Gasteiger partial charge in [0.15, 0.2) is 0 Å². The van der Waals surface area contributed by atoms with Gasteiger partial charge in [0.25, 0.3) is 0 Å². The highest BCUT2D eigenvalue weighted by Gasteiger charge is 2.43. The van der Waals surface area contributed by atoms with Gasteiger partial charge in [0.2, 0.25) is 5.91 Å². The standard InChI is InChI=1S/C18H24N2O/c1-3-4-6-15-7-9-16(10-8-15)13-17(21)20(2)18(14-19)11-5-12-18/h7-10H,3-6,11-13H2,1-2H3. The normalized spacial score (nSPS) is 15.9. The molecule has 21 heavy (non-hydrogen) atoms. The Kier molecular flexibility index (Phi) is 5.01. The first-order valence-corrected chi connectivity index (χ1v) is 7.87. The third-order valence-electron chi connectivity index (χ3n) is 4.60. The molecule has 2 rings (SSSR count). The van der Waals surface area contributed by atoms with Crippen LogP contribution in [0.2, 0.25) is 0 Å². The first-order chi connectivity index (χ1) is 10.1. The Morgan fingerprint density at radius 2 is 1.90 bits per heavy atom. The van der Waals surface area contributed by atoms with Crippen molar-refractivity contribution >= 4 is 5.91 Å². The first-order valence-electron chi connectivity index (χ1n) is 7.87. The maximum Gasteiger partial charge on any atom is 0.228 e. The van der Waals surface area contributed by atoms with E-state index in [1.165, 1.54) is 18.4 Å². The van der Waals surface area contributed by atoms with E-state index in [0.29, 0.717) is 6.42 Å². The van der Waals surface area contributed by atoms with Crippen molar-refractivity contribution in [3.63, 3.8) is 0 Å². The quantitative estimate of drug-likeness (QED) is 0.802. The van der Waals surface area contributed by atoms with E-state index in [1.807, 2.05) is 12.1 Å². The highest BCUT2D eigenvalue weighted by atomic mass is 16.2. The number of likely N-dealkylation sites (N-methyl/N-ethyl adjacent to an activating group) is 1. The number of benzene rings is 1. The SMILES string of the molecule is CCCCc1ccc(CC(=O)N(C)C2(C#N)CCC2)cc1. The molecule has 0 atom stereocenters. The van der Waals surface area contributed by atoms with Crippen molar-refractivity contribution in [2.24, 2.45) is 0 Å². The molecule has 0 aromatic heterocycles. The van der Waals surface area contributed by atoms with Crippen LogP contribution in [-0.2, 0) is 17.6 Å².